The molecule has 0 aliphatic heterocycles. The van der Waals surface area contributed by atoms with E-state index in [1.165, 1.54) is 24.6 Å². The van der Waals surface area contributed by atoms with Gasteiger partial charge in [-0.25, -0.2) is 8.42 Å². The number of rotatable bonds is 4. The molecule has 112 valence electrons. The van der Waals surface area contributed by atoms with Crippen molar-refractivity contribution in [3.8, 4) is 5.75 Å². The summed E-state index contributed by atoms with van der Waals surface area (Å²) in [5, 5.41) is 9.86. The van der Waals surface area contributed by atoms with E-state index in [4.69, 9.17) is 0 Å². The summed E-state index contributed by atoms with van der Waals surface area (Å²) >= 11 is 0. The number of allylic oxidation sites excluding steroid dienone is 2. The molecule has 3 atom stereocenters. The number of nitrogens with zero attached hydrogens (tertiary/aromatic N) is 1. The lowest BCUT2D eigenvalue weighted by atomic mass is 9.95. The van der Waals surface area contributed by atoms with Crippen molar-refractivity contribution in [3.05, 3.63) is 30.4 Å². The number of phenolic OH excluding ortho intramolecular Hbond substituents is 1. The number of aliphatic imine (C=N–C) groups is 1. The molecular weight excluding hydrogens is 286 g/mol. The van der Waals surface area contributed by atoms with Crippen LogP contribution in [0.15, 0.2) is 40.2 Å². The highest BCUT2D eigenvalue weighted by molar-refractivity contribution is 7.91. The van der Waals surface area contributed by atoms with Crippen LogP contribution in [0.1, 0.15) is 19.8 Å². The third kappa shape index (κ3) is 2.75. The van der Waals surface area contributed by atoms with Crippen LogP contribution in [0.2, 0.25) is 0 Å². The highest BCUT2D eigenvalue weighted by Gasteiger charge is 2.34. The first-order chi connectivity index (χ1) is 9.99. The molecule has 1 N–H and O–H groups in total. The van der Waals surface area contributed by atoms with Crippen LogP contribution < -0.4 is 0 Å². The number of fused-ring (bicyclic) bond motifs is 2. The third-order valence-electron chi connectivity index (χ3n) is 4.42. The van der Waals surface area contributed by atoms with E-state index in [0.29, 0.717) is 23.4 Å². The van der Waals surface area contributed by atoms with Crippen LogP contribution in [-0.2, 0) is 9.84 Å². The summed E-state index contributed by atoms with van der Waals surface area (Å²) in [4.78, 5) is 4.55. The lowest BCUT2D eigenvalue weighted by Crippen LogP contribution is -2.07. The van der Waals surface area contributed by atoms with Crippen molar-refractivity contribution < 1.29 is 13.5 Å². The smallest absolute Gasteiger partial charge is 0.178 e. The Bertz CT molecular complexity index is 706. The zero-order valence-corrected chi connectivity index (χ0v) is 12.8. The predicted molar refractivity (Wildman–Crippen MR) is 82.8 cm³/mol. The van der Waals surface area contributed by atoms with Crippen LogP contribution in [-0.4, -0.2) is 25.5 Å². The molecule has 2 bridgehead atoms. The van der Waals surface area contributed by atoms with Gasteiger partial charge in [0.15, 0.2) is 9.84 Å². The normalized spacial score (nSPS) is 27.8. The second kappa shape index (κ2) is 5.30. The van der Waals surface area contributed by atoms with Gasteiger partial charge in [-0.1, -0.05) is 19.1 Å². The third-order valence-corrected chi connectivity index (χ3v) is 6.15. The molecule has 1 fully saturated rings. The van der Waals surface area contributed by atoms with E-state index in [2.05, 4.69) is 17.1 Å². The number of hydrogen-bond acceptors (Lipinski definition) is 4. The topological polar surface area (TPSA) is 66.7 Å². The fraction of sp³-hybridized carbons (Fsp3) is 0.438. The van der Waals surface area contributed by atoms with Crippen molar-refractivity contribution in [2.75, 3.05) is 5.75 Å². The van der Waals surface area contributed by atoms with Crippen LogP contribution in [0, 0.1) is 17.8 Å². The van der Waals surface area contributed by atoms with E-state index in [0.717, 1.165) is 6.42 Å². The summed E-state index contributed by atoms with van der Waals surface area (Å²) in [5.74, 6) is 1.65. The minimum absolute atomic E-state index is 0.0139. The highest BCUT2D eigenvalue weighted by atomic mass is 32.2. The van der Waals surface area contributed by atoms with E-state index in [-0.39, 0.29) is 16.4 Å². The number of phenols is 1. The molecule has 1 aromatic carbocycles. The molecule has 0 spiro atoms. The minimum atomic E-state index is -3.28. The van der Waals surface area contributed by atoms with Gasteiger partial charge < -0.3 is 5.11 Å². The fourth-order valence-corrected chi connectivity index (χ4v) is 4.04. The quantitative estimate of drug-likeness (QED) is 0.686. The number of aromatic hydroxyl groups is 1. The van der Waals surface area contributed by atoms with Crippen LogP contribution >= 0.6 is 0 Å². The molecule has 0 radical (unpaired) electrons. The fourth-order valence-electron chi connectivity index (χ4n) is 3.14. The maximum Gasteiger partial charge on any atom is 0.178 e. The average molecular weight is 305 g/mol. The molecule has 0 amide bonds. The number of sulfone groups is 1. The molecule has 3 unspecified atom stereocenters. The van der Waals surface area contributed by atoms with Gasteiger partial charge >= 0.3 is 0 Å². The Hall–Kier alpha value is -1.62. The summed E-state index contributed by atoms with van der Waals surface area (Å²) in [5.41, 5.74) is 0.330. The summed E-state index contributed by atoms with van der Waals surface area (Å²) in [6.45, 7) is 1.60. The molecule has 3 rings (SSSR count). The molecule has 1 aromatic rings. The zero-order chi connectivity index (χ0) is 15.0. The van der Waals surface area contributed by atoms with E-state index >= 15 is 0 Å². The Morgan fingerprint density at radius 3 is 2.76 bits per heavy atom. The second-order valence-corrected chi connectivity index (χ2v) is 8.05. The van der Waals surface area contributed by atoms with Gasteiger partial charge in [-0.2, -0.15) is 0 Å². The molecule has 0 heterocycles. The summed E-state index contributed by atoms with van der Waals surface area (Å²) < 4.78 is 23.8. The van der Waals surface area contributed by atoms with Crippen molar-refractivity contribution in [1.29, 1.82) is 0 Å². The van der Waals surface area contributed by atoms with Crippen molar-refractivity contribution in [1.82, 2.24) is 0 Å². The van der Waals surface area contributed by atoms with E-state index < -0.39 is 9.84 Å². The maximum atomic E-state index is 11.9. The Labute approximate surface area is 125 Å². The first kappa shape index (κ1) is 14.3. The molecule has 4 nitrogen and oxygen atoms in total. The van der Waals surface area contributed by atoms with Crippen LogP contribution in [0.5, 0.6) is 5.75 Å². The van der Waals surface area contributed by atoms with Crippen LogP contribution in [0.3, 0.4) is 0 Å². The van der Waals surface area contributed by atoms with Crippen molar-refractivity contribution in [2.45, 2.75) is 24.7 Å². The van der Waals surface area contributed by atoms with Gasteiger partial charge in [0.25, 0.3) is 0 Å². The molecule has 2 aliphatic carbocycles. The van der Waals surface area contributed by atoms with Crippen LogP contribution in [0.4, 0.5) is 5.69 Å². The maximum absolute atomic E-state index is 11.9. The molecule has 21 heavy (non-hydrogen) atoms. The lowest BCUT2D eigenvalue weighted by Gasteiger charge is -2.12. The van der Waals surface area contributed by atoms with Crippen LogP contribution in [0.25, 0.3) is 0 Å². The predicted octanol–water partition coefficient (Wildman–Crippen LogP) is 3.10. The summed E-state index contributed by atoms with van der Waals surface area (Å²) in [6.07, 6.45) is 8.65. The summed E-state index contributed by atoms with van der Waals surface area (Å²) in [7, 11) is -3.28. The lowest BCUT2D eigenvalue weighted by molar-refractivity contribution is 0.476. The summed E-state index contributed by atoms with van der Waals surface area (Å²) in [6, 6.07) is 4.27. The first-order valence-corrected chi connectivity index (χ1v) is 8.93. The zero-order valence-electron chi connectivity index (χ0n) is 11.9. The van der Waals surface area contributed by atoms with Crippen molar-refractivity contribution in [2.24, 2.45) is 22.7 Å². The number of hydrogen-bond donors (Lipinski definition) is 1. The average Bonchev–Trinajstić information content (AvgIpc) is 3.08. The molecule has 0 saturated heterocycles. The standard InChI is InChI=1S/C16H19NO3S/c1-2-21(19,20)14-5-6-16(18)15(9-14)17-10-13-8-11-3-4-12(13)7-11/h3-6,9-13,18H,2,7-8H2,1H3. The van der Waals surface area contributed by atoms with E-state index in [9.17, 15) is 13.5 Å². The van der Waals surface area contributed by atoms with Gasteiger partial charge in [0.2, 0.25) is 0 Å². The van der Waals surface area contributed by atoms with Gasteiger partial charge in [-0.3, -0.25) is 4.99 Å². The molecule has 5 heteroatoms. The second-order valence-electron chi connectivity index (χ2n) is 5.78. The van der Waals surface area contributed by atoms with Gasteiger partial charge in [0.1, 0.15) is 11.4 Å². The SMILES string of the molecule is CCS(=O)(=O)c1ccc(O)c(N=CC2CC3C=CC2C3)c1. The molecule has 1 saturated carbocycles. The molecule has 2 aliphatic rings. The monoisotopic (exact) mass is 305 g/mol. The molecular formula is C16H19NO3S. The first-order valence-electron chi connectivity index (χ1n) is 7.28. The number of benzene rings is 1. The van der Waals surface area contributed by atoms with Gasteiger partial charge in [0.05, 0.1) is 10.6 Å². The Morgan fingerprint density at radius 1 is 1.33 bits per heavy atom. The van der Waals surface area contributed by atoms with E-state index in [1.807, 2.05) is 6.21 Å². The van der Waals surface area contributed by atoms with Gasteiger partial charge in [-0.15, -0.1) is 0 Å². The minimum Gasteiger partial charge on any atom is -0.506 e. The van der Waals surface area contributed by atoms with Gasteiger partial charge in [0, 0.05) is 12.1 Å². The molecule has 0 aromatic heterocycles. The Morgan fingerprint density at radius 2 is 2.14 bits per heavy atom. The van der Waals surface area contributed by atoms with Crippen molar-refractivity contribution in [3.63, 3.8) is 0 Å². The van der Waals surface area contributed by atoms with Crippen molar-refractivity contribution >= 4 is 21.7 Å². The van der Waals surface area contributed by atoms with E-state index in [1.54, 1.807) is 6.92 Å². The van der Waals surface area contributed by atoms with Gasteiger partial charge in [-0.05, 0) is 42.9 Å². The Balaban J connectivity index is 1.85. The highest BCUT2D eigenvalue weighted by Crippen LogP contribution is 2.43. The largest absolute Gasteiger partial charge is 0.506 e. The Kier molecular flexibility index (Phi) is 3.61.